The number of phenolic OH excluding ortho intramolecular Hbond substituents is 1. The van der Waals surface area contributed by atoms with E-state index in [4.69, 9.17) is 19.2 Å². The summed E-state index contributed by atoms with van der Waals surface area (Å²) in [6.07, 6.45) is 7.18. The van der Waals surface area contributed by atoms with E-state index in [1.54, 1.807) is 25.1 Å². The van der Waals surface area contributed by atoms with E-state index < -0.39 is 41.2 Å². The van der Waals surface area contributed by atoms with E-state index in [9.17, 15) is 30.3 Å². The molecule has 10 heteroatoms. The van der Waals surface area contributed by atoms with Crippen LogP contribution in [0.3, 0.4) is 0 Å². The fourth-order valence-corrected chi connectivity index (χ4v) is 10.9. The van der Waals surface area contributed by atoms with Gasteiger partial charge in [-0.3, -0.25) is 4.99 Å². The molecule has 10 nitrogen and oxygen atoms in total. The van der Waals surface area contributed by atoms with E-state index >= 15 is 0 Å². The SMILES string of the molecule is C[C@@H]1O[C@H](O[C@H]2CC[C@]3(C=NCCc4ccc(O)cc4)[C@H]4CC[C@]5(C)[C@@H](C6=CC(=O)OC6)CC[C@]5(O)[C@@H]4CC[C@]3(O)C2)C[C@H](O)[C@H]1O. The van der Waals surface area contributed by atoms with Crippen LogP contribution in [0.5, 0.6) is 5.75 Å². The van der Waals surface area contributed by atoms with Crippen molar-refractivity contribution in [2.45, 2.75) is 126 Å². The summed E-state index contributed by atoms with van der Waals surface area (Å²) in [6, 6.07) is 7.15. The molecule has 4 saturated carbocycles. The van der Waals surface area contributed by atoms with Gasteiger partial charge in [0.05, 0.1) is 29.5 Å². The Balaban J connectivity index is 1.15. The van der Waals surface area contributed by atoms with Crippen LogP contribution in [0, 0.1) is 28.6 Å². The zero-order valence-electron chi connectivity index (χ0n) is 27.6. The number of hydrogen-bond donors (Lipinski definition) is 5. The fraction of sp³-hybridized carbons (Fsp3) is 0.730. The quantitative estimate of drug-likeness (QED) is 0.168. The highest BCUT2D eigenvalue weighted by molar-refractivity contribution is 5.85. The highest BCUT2D eigenvalue weighted by Gasteiger charge is 2.71. The molecule has 12 atom stereocenters. The molecule has 0 bridgehead atoms. The second kappa shape index (κ2) is 12.2. The Kier molecular flexibility index (Phi) is 8.62. The average Bonchev–Trinajstić information content (AvgIpc) is 3.58. The third kappa shape index (κ3) is 5.47. The lowest BCUT2D eigenvalue weighted by molar-refractivity contribution is -0.282. The van der Waals surface area contributed by atoms with Gasteiger partial charge in [-0.1, -0.05) is 19.1 Å². The Hall–Kier alpha value is -2.34. The number of hydrogen-bond acceptors (Lipinski definition) is 10. The third-order valence-corrected chi connectivity index (χ3v) is 13.4. The van der Waals surface area contributed by atoms with Crippen LogP contribution in [0.2, 0.25) is 0 Å². The van der Waals surface area contributed by atoms with E-state index in [2.05, 4.69) is 6.92 Å². The molecule has 0 amide bonds. The molecule has 258 valence electrons. The molecule has 4 aliphatic carbocycles. The minimum absolute atomic E-state index is 0.0228. The zero-order valence-corrected chi connectivity index (χ0v) is 27.6. The molecule has 0 radical (unpaired) electrons. The molecule has 0 aromatic heterocycles. The number of benzene rings is 1. The highest BCUT2D eigenvalue weighted by Crippen LogP contribution is 2.70. The molecule has 0 spiro atoms. The second-order valence-corrected chi connectivity index (χ2v) is 15.6. The van der Waals surface area contributed by atoms with E-state index in [1.807, 2.05) is 18.3 Å². The Morgan fingerprint density at radius 1 is 1.02 bits per heavy atom. The molecule has 1 aromatic rings. The number of ether oxygens (including phenoxy) is 3. The van der Waals surface area contributed by atoms with Crippen molar-refractivity contribution in [3.8, 4) is 5.75 Å². The number of aromatic hydroxyl groups is 1. The molecule has 1 aromatic carbocycles. The van der Waals surface area contributed by atoms with Gasteiger partial charge in [0.1, 0.15) is 18.5 Å². The molecular formula is C37H51NO9. The van der Waals surface area contributed by atoms with Crippen molar-refractivity contribution in [3.63, 3.8) is 0 Å². The Morgan fingerprint density at radius 2 is 1.79 bits per heavy atom. The number of carbonyl (C=O) groups is 1. The van der Waals surface area contributed by atoms with E-state index in [0.29, 0.717) is 58.1 Å². The smallest absolute Gasteiger partial charge is 0.331 e. The van der Waals surface area contributed by atoms with Gasteiger partial charge in [-0.15, -0.1) is 0 Å². The summed E-state index contributed by atoms with van der Waals surface area (Å²) in [4.78, 5) is 17.0. The molecule has 1 saturated heterocycles. The van der Waals surface area contributed by atoms with Gasteiger partial charge >= 0.3 is 5.97 Å². The van der Waals surface area contributed by atoms with Crippen molar-refractivity contribution in [3.05, 3.63) is 41.5 Å². The number of carbonyl (C=O) groups excluding carboxylic acids is 1. The maximum Gasteiger partial charge on any atom is 0.331 e. The van der Waals surface area contributed by atoms with Crippen LogP contribution in [-0.2, 0) is 25.4 Å². The number of aliphatic imine (C=N–C) groups is 1. The van der Waals surface area contributed by atoms with Gasteiger partial charge in [-0.05, 0) is 106 Å². The largest absolute Gasteiger partial charge is 0.508 e. The molecule has 6 aliphatic rings. The van der Waals surface area contributed by atoms with Crippen molar-refractivity contribution in [1.29, 1.82) is 0 Å². The van der Waals surface area contributed by atoms with Crippen molar-refractivity contribution in [2.24, 2.45) is 33.6 Å². The summed E-state index contributed by atoms with van der Waals surface area (Å²) in [5.41, 5.74) is -1.00. The van der Waals surface area contributed by atoms with Crippen LogP contribution in [0.1, 0.15) is 83.6 Å². The van der Waals surface area contributed by atoms with Gasteiger partial charge in [0.15, 0.2) is 6.29 Å². The lowest BCUT2D eigenvalue weighted by Crippen LogP contribution is -2.69. The minimum atomic E-state index is -1.10. The van der Waals surface area contributed by atoms with Crippen molar-refractivity contribution in [1.82, 2.24) is 0 Å². The molecule has 47 heavy (non-hydrogen) atoms. The monoisotopic (exact) mass is 653 g/mol. The Morgan fingerprint density at radius 3 is 2.51 bits per heavy atom. The molecule has 2 heterocycles. The van der Waals surface area contributed by atoms with Crippen LogP contribution in [0.25, 0.3) is 0 Å². The summed E-state index contributed by atoms with van der Waals surface area (Å²) >= 11 is 0. The molecule has 2 aliphatic heterocycles. The summed E-state index contributed by atoms with van der Waals surface area (Å²) < 4.78 is 17.6. The Bertz CT molecular complexity index is 1390. The average molecular weight is 654 g/mol. The molecule has 5 fully saturated rings. The minimum Gasteiger partial charge on any atom is -0.508 e. The van der Waals surface area contributed by atoms with Gasteiger partial charge in [-0.2, -0.15) is 0 Å². The first-order valence-corrected chi connectivity index (χ1v) is 17.7. The number of fused-ring (bicyclic) bond motifs is 5. The third-order valence-electron chi connectivity index (χ3n) is 13.4. The molecule has 7 rings (SSSR count). The number of nitrogens with zero attached hydrogens (tertiary/aromatic N) is 1. The van der Waals surface area contributed by atoms with E-state index in [0.717, 1.165) is 30.4 Å². The number of phenols is 1. The number of rotatable bonds is 7. The summed E-state index contributed by atoms with van der Waals surface area (Å²) in [6.45, 7) is 4.77. The predicted molar refractivity (Wildman–Crippen MR) is 173 cm³/mol. The zero-order chi connectivity index (χ0) is 33.2. The fourth-order valence-electron chi connectivity index (χ4n) is 10.9. The molecule has 5 N–H and O–H groups in total. The maximum atomic E-state index is 12.7. The molecular weight excluding hydrogens is 602 g/mol. The number of esters is 1. The van der Waals surface area contributed by atoms with Crippen molar-refractivity contribution >= 4 is 12.2 Å². The van der Waals surface area contributed by atoms with Crippen molar-refractivity contribution < 1.29 is 44.5 Å². The first-order chi connectivity index (χ1) is 22.4. The molecule has 0 unspecified atom stereocenters. The maximum absolute atomic E-state index is 12.7. The first kappa shape index (κ1) is 33.2. The standard InChI is InChI=1S/C37H51NO9/c1-22-33(42)30(40)18-32(46-22)47-26-7-13-35(21-38-16-11-23-3-5-25(39)6-4-23)28-8-12-34(2)27(24-17-31(41)45-20-24)10-15-37(34,44)29(28)9-14-36(35,43)19-26/h3-6,17,21-22,26-30,32-33,39-40,42-44H,7-16,18-20H2,1-2H3/t22-,26-,27+,28-,29+,30-,32+,33-,34+,35-,36-,37-/m0/s1. The number of cyclic esters (lactones) is 1. The van der Waals surface area contributed by atoms with Crippen LogP contribution in [-0.4, -0.2) is 92.8 Å². The summed E-state index contributed by atoms with van der Waals surface area (Å²) in [7, 11) is 0. The van der Waals surface area contributed by atoms with Crippen molar-refractivity contribution in [2.75, 3.05) is 13.2 Å². The Labute approximate surface area is 276 Å². The topological polar surface area (TPSA) is 158 Å². The van der Waals surface area contributed by atoms with Gasteiger partial charge in [0.2, 0.25) is 0 Å². The van der Waals surface area contributed by atoms with Crippen LogP contribution >= 0.6 is 0 Å². The summed E-state index contributed by atoms with van der Waals surface area (Å²) in [5.74, 6) is 0.0225. The predicted octanol–water partition coefficient (Wildman–Crippen LogP) is 3.60. The van der Waals surface area contributed by atoms with Gasteiger partial charge in [0.25, 0.3) is 0 Å². The summed E-state index contributed by atoms with van der Waals surface area (Å²) in [5, 5.41) is 55.7. The highest BCUT2D eigenvalue weighted by atomic mass is 16.7. The van der Waals surface area contributed by atoms with Crippen LogP contribution < -0.4 is 0 Å². The second-order valence-electron chi connectivity index (χ2n) is 15.6. The van der Waals surface area contributed by atoms with Crippen LogP contribution in [0.15, 0.2) is 40.9 Å². The van der Waals surface area contributed by atoms with E-state index in [-0.39, 0.29) is 47.4 Å². The lowest BCUT2D eigenvalue weighted by Gasteiger charge is -2.66. The van der Waals surface area contributed by atoms with Crippen LogP contribution in [0.4, 0.5) is 0 Å². The van der Waals surface area contributed by atoms with E-state index in [1.165, 1.54) is 0 Å². The lowest BCUT2D eigenvalue weighted by atomic mass is 9.41. The van der Waals surface area contributed by atoms with Gasteiger partial charge < -0.3 is 39.7 Å². The first-order valence-electron chi connectivity index (χ1n) is 17.7. The number of aliphatic hydroxyl groups is 4. The number of aliphatic hydroxyl groups excluding tert-OH is 2. The van der Waals surface area contributed by atoms with Gasteiger partial charge in [-0.25, -0.2) is 4.79 Å². The van der Waals surface area contributed by atoms with Gasteiger partial charge in [0, 0.05) is 42.5 Å². The normalized spacial score (nSPS) is 46.4.